The van der Waals surface area contributed by atoms with Gasteiger partial charge in [-0.15, -0.1) is 0 Å². The van der Waals surface area contributed by atoms with Crippen LogP contribution in [-0.4, -0.2) is 31.3 Å². The third-order valence-corrected chi connectivity index (χ3v) is 4.57. The lowest BCUT2D eigenvalue weighted by atomic mass is 9.93. The molecular weight excluding hydrogens is 316 g/mol. The number of aliphatic hydroxyl groups excluding tert-OH is 1. The fraction of sp³-hybridized carbons (Fsp3) is 0.625. The van der Waals surface area contributed by atoms with Gasteiger partial charge < -0.3 is 15.3 Å². The van der Waals surface area contributed by atoms with Crippen LogP contribution in [0.1, 0.15) is 37.7 Å². The monoisotopic (exact) mass is 340 g/mol. The van der Waals surface area contributed by atoms with E-state index >= 15 is 0 Å². The van der Waals surface area contributed by atoms with Gasteiger partial charge in [0.1, 0.15) is 0 Å². The minimum absolute atomic E-state index is 0.210. The molecule has 2 rings (SSSR count). The molecular formula is C16H25BrN2O. The quantitative estimate of drug-likeness (QED) is 0.833. The number of nitrogens with zero attached hydrogens (tertiary/aromatic N) is 1. The van der Waals surface area contributed by atoms with Crippen LogP contribution in [0.2, 0.25) is 0 Å². The Morgan fingerprint density at radius 3 is 2.70 bits per heavy atom. The van der Waals surface area contributed by atoms with Crippen molar-refractivity contribution in [2.45, 2.75) is 44.7 Å². The van der Waals surface area contributed by atoms with Crippen LogP contribution in [0, 0.1) is 0 Å². The summed E-state index contributed by atoms with van der Waals surface area (Å²) in [5, 5.41) is 12.7. The minimum atomic E-state index is 0.210. The number of aliphatic hydroxyl groups is 1. The molecule has 1 aliphatic carbocycles. The molecule has 0 amide bonds. The Kier molecular flexibility index (Phi) is 6.33. The SMILES string of the molecule is CNCc1ccc(Br)cc1N(CCO)C1CCCCC1. The third-order valence-electron chi connectivity index (χ3n) is 4.08. The molecule has 2 N–H and O–H groups in total. The average Bonchev–Trinajstić information content (AvgIpc) is 2.48. The van der Waals surface area contributed by atoms with Crippen molar-refractivity contribution in [1.82, 2.24) is 5.32 Å². The van der Waals surface area contributed by atoms with E-state index in [2.05, 4.69) is 44.3 Å². The Bertz CT molecular complexity index is 419. The van der Waals surface area contributed by atoms with E-state index in [0.29, 0.717) is 6.04 Å². The molecule has 1 fully saturated rings. The number of halogens is 1. The molecule has 0 atom stereocenters. The van der Waals surface area contributed by atoms with E-state index in [1.54, 1.807) is 0 Å². The van der Waals surface area contributed by atoms with Crippen LogP contribution < -0.4 is 10.2 Å². The van der Waals surface area contributed by atoms with Crippen LogP contribution in [0.5, 0.6) is 0 Å². The second-order valence-electron chi connectivity index (χ2n) is 5.51. The molecule has 0 radical (unpaired) electrons. The van der Waals surface area contributed by atoms with Gasteiger partial charge in [-0.05, 0) is 37.6 Å². The molecule has 0 spiro atoms. The molecule has 1 aliphatic rings. The molecule has 112 valence electrons. The van der Waals surface area contributed by atoms with Crippen LogP contribution >= 0.6 is 15.9 Å². The summed E-state index contributed by atoms with van der Waals surface area (Å²) in [6.07, 6.45) is 6.45. The lowest BCUT2D eigenvalue weighted by molar-refractivity contribution is 0.290. The summed E-state index contributed by atoms with van der Waals surface area (Å²) in [7, 11) is 1.98. The Hall–Kier alpha value is -0.580. The highest BCUT2D eigenvalue weighted by atomic mass is 79.9. The van der Waals surface area contributed by atoms with Gasteiger partial charge in [-0.3, -0.25) is 0 Å². The summed E-state index contributed by atoms with van der Waals surface area (Å²) in [6, 6.07) is 7.02. The van der Waals surface area contributed by atoms with Crippen LogP contribution in [0.15, 0.2) is 22.7 Å². The maximum absolute atomic E-state index is 9.45. The van der Waals surface area contributed by atoms with Crippen LogP contribution in [-0.2, 0) is 6.54 Å². The summed E-state index contributed by atoms with van der Waals surface area (Å²) in [4.78, 5) is 2.41. The number of hydrogen-bond donors (Lipinski definition) is 2. The number of hydrogen-bond acceptors (Lipinski definition) is 3. The van der Waals surface area contributed by atoms with Gasteiger partial charge in [0.05, 0.1) is 6.61 Å². The van der Waals surface area contributed by atoms with Crippen molar-refractivity contribution in [1.29, 1.82) is 0 Å². The predicted octanol–water partition coefficient (Wildman–Crippen LogP) is 3.30. The van der Waals surface area contributed by atoms with Gasteiger partial charge in [-0.25, -0.2) is 0 Å². The average molecular weight is 341 g/mol. The van der Waals surface area contributed by atoms with Crippen molar-refractivity contribution in [3.63, 3.8) is 0 Å². The Morgan fingerprint density at radius 2 is 2.05 bits per heavy atom. The topological polar surface area (TPSA) is 35.5 Å². The van der Waals surface area contributed by atoms with Gasteiger partial charge in [0.2, 0.25) is 0 Å². The molecule has 1 aromatic carbocycles. The first-order chi connectivity index (χ1) is 9.76. The molecule has 1 aromatic rings. The van der Waals surface area contributed by atoms with Crippen molar-refractivity contribution < 1.29 is 5.11 Å². The lowest BCUT2D eigenvalue weighted by Crippen LogP contribution is -2.39. The van der Waals surface area contributed by atoms with Gasteiger partial charge in [0, 0.05) is 29.3 Å². The highest BCUT2D eigenvalue weighted by Gasteiger charge is 2.22. The standard InChI is InChI=1S/C16H25BrN2O/c1-18-12-13-7-8-14(17)11-16(13)19(9-10-20)15-5-3-2-4-6-15/h7-8,11,15,18,20H,2-6,9-10,12H2,1H3. The molecule has 0 heterocycles. The smallest absolute Gasteiger partial charge is 0.0606 e. The minimum Gasteiger partial charge on any atom is -0.395 e. The van der Waals surface area contributed by atoms with Gasteiger partial charge >= 0.3 is 0 Å². The van der Waals surface area contributed by atoms with E-state index < -0.39 is 0 Å². The lowest BCUT2D eigenvalue weighted by Gasteiger charge is -2.37. The third kappa shape index (κ3) is 3.96. The number of anilines is 1. The van der Waals surface area contributed by atoms with Crippen molar-refractivity contribution >= 4 is 21.6 Å². The van der Waals surface area contributed by atoms with Gasteiger partial charge in [-0.2, -0.15) is 0 Å². The Morgan fingerprint density at radius 1 is 1.30 bits per heavy atom. The van der Waals surface area contributed by atoms with Crippen molar-refractivity contribution in [2.75, 3.05) is 25.1 Å². The normalized spacial score (nSPS) is 16.4. The molecule has 20 heavy (non-hydrogen) atoms. The summed E-state index contributed by atoms with van der Waals surface area (Å²) < 4.78 is 1.10. The molecule has 0 aliphatic heterocycles. The zero-order valence-corrected chi connectivity index (χ0v) is 13.8. The molecule has 0 aromatic heterocycles. The molecule has 3 nitrogen and oxygen atoms in total. The first kappa shape index (κ1) is 15.8. The van der Waals surface area contributed by atoms with Gasteiger partial charge in [0.15, 0.2) is 0 Å². The van der Waals surface area contributed by atoms with E-state index in [1.165, 1.54) is 43.4 Å². The maximum Gasteiger partial charge on any atom is 0.0606 e. The summed E-state index contributed by atoms with van der Waals surface area (Å²) in [5.41, 5.74) is 2.56. The van der Waals surface area contributed by atoms with E-state index in [0.717, 1.165) is 17.6 Å². The van der Waals surface area contributed by atoms with Crippen LogP contribution in [0.3, 0.4) is 0 Å². The van der Waals surface area contributed by atoms with Crippen molar-refractivity contribution in [2.24, 2.45) is 0 Å². The van der Waals surface area contributed by atoms with Crippen LogP contribution in [0.25, 0.3) is 0 Å². The second-order valence-corrected chi connectivity index (χ2v) is 6.43. The van der Waals surface area contributed by atoms with Crippen molar-refractivity contribution in [3.05, 3.63) is 28.2 Å². The van der Waals surface area contributed by atoms with Gasteiger partial charge in [0.25, 0.3) is 0 Å². The molecule has 0 saturated heterocycles. The highest BCUT2D eigenvalue weighted by Crippen LogP contribution is 2.31. The fourth-order valence-electron chi connectivity index (χ4n) is 3.14. The van der Waals surface area contributed by atoms with E-state index in [9.17, 15) is 5.11 Å². The van der Waals surface area contributed by atoms with E-state index in [4.69, 9.17) is 0 Å². The van der Waals surface area contributed by atoms with Gasteiger partial charge in [-0.1, -0.05) is 41.3 Å². The number of benzene rings is 1. The second kappa shape index (κ2) is 8.01. The summed E-state index contributed by atoms with van der Waals surface area (Å²) in [6.45, 7) is 1.79. The van der Waals surface area contributed by atoms with Crippen molar-refractivity contribution in [3.8, 4) is 0 Å². The van der Waals surface area contributed by atoms with Crippen LogP contribution in [0.4, 0.5) is 5.69 Å². The largest absolute Gasteiger partial charge is 0.395 e. The number of nitrogens with one attached hydrogen (secondary N) is 1. The van der Waals surface area contributed by atoms with E-state index in [-0.39, 0.29) is 6.61 Å². The summed E-state index contributed by atoms with van der Waals surface area (Å²) >= 11 is 3.58. The highest BCUT2D eigenvalue weighted by molar-refractivity contribution is 9.10. The molecule has 1 saturated carbocycles. The maximum atomic E-state index is 9.45. The van der Waals surface area contributed by atoms with E-state index in [1.807, 2.05) is 7.05 Å². The fourth-order valence-corrected chi connectivity index (χ4v) is 3.49. The summed E-state index contributed by atoms with van der Waals surface area (Å²) in [5.74, 6) is 0. The molecule has 0 bridgehead atoms. The zero-order valence-electron chi connectivity index (χ0n) is 12.2. The first-order valence-electron chi connectivity index (χ1n) is 7.56. The Labute approximate surface area is 130 Å². The Balaban J connectivity index is 2.28. The molecule has 0 unspecified atom stereocenters. The number of rotatable bonds is 6. The predicted molar refractivity (Wildman–Crippen MR) is 88.2 cm³/mol. The first-order valence-corrected chi connectivity index (χ1v) is 8.36. The molecule has 4 heteroatoms. The zero-order chi connectivity index (χ0) is 14.4.